The molecule has 0 spiro atoms. The Bertz CT molecular complexity index is 641. The molecule has 0 radical (unpaired) electrons. The average Bonchev–Trinajstić information content (AvgIpc) is 2.41. The van der Waals surface area contributed by atoms with E-state index < -0.39 is 17.4 Å². The molecular weight excluding hydrogens is 274 g/mol. The molecule has 0 aliphatic rings. The second-order valence-corrected chi connectivity index (χ2v) is 4.21. The van der Waals surface area contributed by atoms with Gasteiger partial charge in [0.05, 0.1) is 17.7 Å². The van der Waals surface area contributed by atoms with Crippen LogP contribution in [-0.4, -0.2) is 12.9 Å². The van der Waals surface area contributed by atoms with Gasteiger partial charge in [-0.2, -0.15) is 0 Å². The zero-order valence-corrected chi connectivity index (χ0v) is 10.7. The van der Waals surface area contributed by atoms with Gasteiger partial charge in [-0.25, -0.2) is 8.78 Å². The molecule has 0 saturated carbocycles. The highest BCUT2D eigenvalue weighted by molar-refractivity contribution is 6.30. The standard InChI is InChI=1S/C14H9ClF2O2/c1-19-9-3-4-10(12(16)7-9)14(18)8-2-5-11(15)13(17)6-8/h2-7H,1H3. The fourth-order valence-electron chi connectivity index (χ4n) is 1.60. The van der Waals surface area contributed by atoms with E-state index in [4.69, 9.17) is 16.3 Å². The summed E-state index contributed by atoms with van der Waals surface area (Å²) in [6.45, 7) is 0. The maximum absolute atomic E-state index is 13.7. The lowest BCUT2D eigenvalue weighted by atomic mass is 10.0. The molecule has 0 aliphatic heterocycles. The van der Waals surface area contributed by atoms with Gasteiger partial charge in [-0.05, 0) is 30.3 Å². The number of methoxy groups -OCH3 is 1. The summed E-state index contributed by atoms with van der Waals surface area (Å²) in [5, 5.41) is -0.0910. The predicted molar refractivity (Wildman–Crippen MR) is 67.8 cm³/mol. The molecule has 0 N–H and O–H groups in total. The van der Waals surface area contributed by atoms with Crippen molar-refractivity contribution in [1.82, 2.24) is 0 Å². The van der Waals surface area contributed by atoms with Crippen molar-refractivity contribution in [2.45, 2.75) is 0 Å². The van der Waals surface area contributed by atoms with Crippen LogP contribution in [0.1, 0.15) is 15.9 Å². The zero-order valence-electron chi connectivity index (χ0n) is 9.91. The normalized spacial score (nSPS) is 10.3. The molecular formula is C14H9ClF2O2. The van der Waals surface area contributed by atoms with E-state index in [1.54, 1.807) is 0 Å². The van der Waals surface area contributed by atoms with Crippen LogP contribution in [0.4, 0.5) is 8.78 Å². The number of carbonyl (C=O) groups is 1. The summed E-state index contributed by atoms with van der Waals surface area (Å²) in [7, 11) is 1.39. The summed E-state index contributed by atoms with van der Waals surface area (Å²) < 4.78 is 31.9. The molecule has 0 unspecified atom stereocenters. The van der Waals surface area contributed by atoms with Crippen molar-refractivity contribution < 1.29 is 18.3 Å². The molecule has 0 bridgehead atoms. The van der Waals surface area contributed by atoms with Gasteiger partial charge in [0.1, 0.15) is 17.4 Å². The van der Waals surface area contributed by atoms with Gasteiger partial charge in [-0.3, -0.25) is 4.79 Å². The number of carbonyl (C=O) groups excluding carboxylic acids is 1. The molecule has 98 valence electrons. The summed E-state index contributed by atoms with van der Waals surface area (Å²) in [6, 6.07) is 7.43. The first-order chi connectivity index (χ1) is 9.02. The topological polar surface area (TPSA) is 26.3 Å². The van der Waals surface area contributed by atoms with Crippen LogP contribution in [0.5, 0.6) is 5.75 Å². The number of benzene rings is 2. The van der Waals surface area contributed by atoms with Crippen LogP contribution in [0.15, 0.2) is 36.4 Å². The van der Waals surface area contributed by atoms with Gasteiger partial charge in [-0.15, -0.1) is 0 Å². The minimum atomic E-state index is -0.722. The largest absolute Gasteiger partial charge is 0.497 e. The summed E-state index contributed by atoms with van der Waals surface area (Å²) in [4.78, 5) is 12.0. The van der Waals surface area contributed by atoms with Gasteiger partial charge in [0.15, 0.2) is 5.78 Å². The molecule has 0 aromatic heterocycles. The van der Waals surface area contributed by atoms with Crippen LogP contribution < -0.4 is 4.74 Å². The van der Waals surface area contributed by atoms with Crippen molar-refractivity contribution in [3.63, 3.8) is 0 Å². The molecule has 0 amide bonds. The fourth-order valence-corrected chi connectivity index (χ4v) is 1.72. The quantitative estimate of drug-likeness (QED) is 0.799. The predicted octanol–water partition coefficient (Wildman–Crippen LogP) is 3.86. The van der Waals surface area contributed by atoms with Crippen molar-refractivity contribution in [3.05, 3.63) is 64.2 Å². The van der Waals surface area contributed by atoms with Crippen LogP contribution in [0.3, 0.4) is 0 Å². The van der Waals surface area contributed by atoms with E-state index in [1.165, 1.54) is 31.4 Å². The molecule has 2 nitrogen and oxygen atoms in total. The van der Waals surface area contributed by atoms with Gasteiger partial charge < -0.3 is 4.74 Å². The Morgan fingerprint density at radius 3 is 2.42 bits per heavy atom. The van der Waals surface area contributed by atoms with Gasteiger partial charge in [0, 0.05) is 11.6 Å². The molecule has 0 aliphatic carbocycles. The molecule has 5 heteroatoms. The summed E-state index contributed by atoms with van der Waals surface area (Å²) in [5.74, 6) is -1.76. The lowest BCUT2D eigenvalue weighted by molar-refractivity contribution is 0.103. The van der Waals surface area contributed by atoms with Gasteiger partial charge in [0.25, 0.3) is 0 Å². The minimum absolute atomic E-state index is 0.0333. The minimum Gasteiger partial charge on any atom is -0.497 e. The number of hydrogen-bond acceptors (Lipinski definition) is 2. The van der Waals surface area contributed by atoms with E-state index in [2.05, 4.69) is 0 Å². The van der Waals surface area contributed by atoms with Crippen molar-refractivity contribution >= 4 is 17.4 Å². The third-order valence-corrected chi connectivity index (χ3v) is 2.91. The van der Waals surface area contributed by atoms with Crippen LogP contribution in [0.2, 0.25) is 5.02 Å². The second-order valence-electron chi connectivity index (χ2n) is 3.80. The second kappa shape index (κ2) is 5.36. The Balaban J connectivity index is 2.41. The SMILES string of the molecule is COc1ccc(C(=O)c2ccc(Cl)c(F)c2)c(F)c1. The highest BCUT2D eigenvalue weighted by Gasteiger charge is 2.16. The Morgan fingerprint density at radius 1 is 1.11 bits per heavy atom. The molecule has 0 saturated heterocycles. The number of halogens is 3. The van der Waals surface area contributed by atoms with Crippen LogP contribution in [0.25, 0.3) is 0 Å². The van der Waals surface area contributed by atoms with Crippen LogP contribution in [-0.2, 0) is 0 Å². The monoisotopic (exact) mass is 282 g/mol. The van der Waals surface area contributed by atoms with Gasteiger partial charge in [-0.1, -0.05) is 11.6 Å². The Kier molecular flexibility index (Phi) is 3.81. The Hall–Kier alpha value is -1.94. The maximum atomic E-state index is 13.7. The first-order valence-corrected chi connectivity index (χ1v) is 5.74. The number of ether oxygens (including phenoxy) is 1. The molecule has 0 atom stereocenters. The van der Waals surface area contributed by atoms with Crippen molar-refractivity contribution in [1.29, 1.82) is 0 Å². The average molecular weight is 283 g/mol. The fraction of sp³-hybridized carbons (Fsp3) is 0.0714. The third kappa shape index (κ3) is 2.74. The van der Waals surface area contributed by atoms with Gasteiger partial charge in [0.2, 0.25) is 0 Å². The lowest BCUT2D eigenvalue weighted by Crippen LogP contribution is -2.05. The molecule has 2 rings (SSSR count). The molecule has 2 aromatic rings. The molecule has 19 heavy (non-hydrogen) atoms. The number of rotatable bonds is 3. The smallest absolute Gasteiger partial charge is 0.196 e. The van der Waals surface area contributed by atoms with E-state index in [-0.39, 0.29) is 16.1 Å². The summed E-state index contributed by atoms with van der Waals surface area (Å²) in [6.07, 6.45) is 0. The third-order valence-electron chi connectivity index (χ3n) is 2.60. The lowest BCUT2D eigenvalue weighted by Gasteiger charge is -2.05. The number of hydrogen-bond donors (Lipinski definition) is 0. The molecule has 2 aromatic carbocycles. The first-order valence-electron chi connectivity index (χ1n) is 5.36. The molecule has 0 heterocycles. The van der Waals surface area contributed by atoms with Crippen molar-refractivity contribution in [3.8, 4) is 5.75 Å². The Morgan fingerprint density at radius 2 is 1.84 bits per heavy atom. The highest BCUT2D eigenvalue weighted by atomic mass is 35.5. The Labute approximate surface area is 113 Å². The maximum Gasteiger partial charge on any atom is 0.196 e. The van der Waals surface area contributed by atoms with E-state index in [0.717, 1.165) is 12.1 Å². The summed E-state index contributed by atoms with van der Waals surface area (Å²) >= 11 is 5.53. The highest BCUT2D eigenvalue weighted by Crippen LogP contribution is 2.21. The molecule has 0 fully saturated rings. The first kappa shape index (κ1) is 13.5. The van der Waals surface area contributed by atoms with E-state index in [0.29, 0.717) is 5.75 Å². The summed E-state index contributed by atoms with van der Waals surface area (Å²) in [5.41, 5.74) is -0.117. The van der Waals surface area contributed by atoms with E-state index in [1.807, 2.05) is 0 Å². The van der Waals surface area contributed by atoms with Gasteiger partial charge >= 0.3 is 0 Å². The van der Waals surface area contributed by atoms with Crippen molar-refractivity contribution in [2.24, 2.45) is 0 Å². The van der Waals surface area contributed by atoms with E-state index in [9.17, 15) is 13.6 Å². The van der Waals surface area contributed by atoms with Crippen LogP contribution >= 0.6 is 11.6 Å². The zero-order chi connectivity index (χ0) is 14.0. The van der Waals surface area contributed by atoms with Crippen LogP contribution in [0, 0.1) is 11.6 Å². The number of ketones is 1. The van der Waals surface area contributed by atoms with E-state index >= 15 is 0 Å². The van der Waals surface area contributed by atoms with Crippen molar-refractivity contribution in [2.75, 3.05) is 7.11 Å².